The number of piperidine rings is 1. The SMILES string of the molecule is CCC1(C(=O)Cc2ccc(C)cc2)CCCNC1. The molecule has 1 aromatic carbocycles. The van der Waals surface area contributed by atoms with Crippen LogP contribution in [0.1, 0.15) is 37.3 Å². The maximum absolute atomic E-state index is 12.6. The Morgan fingerprint density at radius 2 is 2.06 bits per heavy atom. The highest BCUT2D eigenvalue weighted by Crippen LogP contribution is 2.32. The number of carbonyl (C=O) groups excluding carboxylic acids is 1. The summed E-state index contributed by atoms with van der Waals surface area (Å²) in [7, 11) is 0. The molecule has 18 heavy (non-hydrogen) atoms. The summed E-state index contributed by atoms with van der Waals surface area (Å²) in [5.41, 5.74) is 2.27. The molecule has 0 aliphatic carbocycles. The quantitative estimate of drug-likeness (QED) is 0.883. The average Bonchev–Trinajstić information content (AvgIpc) is 2.42. The Morgan fingerprint density at radius 1 is 1.33 bits per heavy atom. The van der Waals surface area contributed by atoms with Crippen LogP contribution >= 0.6 is 0 Å². The second-order valence-electron chi connectivity index (χ2n) is 5.50. The molecule has 0 radical (unpaired) electrons. The van der Waals surface area contributed by atoms with Crippen LogP contribution in [-0.2, 0) is 11.2 Å². The van der Waals surface area contributed by atoms with E-state index in [0.29, 0.717) is 12.2 Å². The number of aryl methyl sites for hydroxylation is 1. The second kappa shape index (κ2) is 5.66. The second-order valence-corrected chi connectivity index (χ2v) is 5.50. The molecule has 1 N–H and O–H groups in total. The molecule has 1 saturated heterocycles. The van der Waals surface area contributed by atoms with Crippen molar-refractivity contribution in [2.45, 2.75) is 39.5 Å². The first-order valence-electron chi connectivity index (χ1n) is 6.96. The summed E-state index contributed by atoms with van der Waals surface area (Å²) in [6.45, 7) is 6.12. The molecule has 1 aromatic rings. The van der Waals surface area contributed by atoms with Gasteiger partial charge in [-0.3, -0.25) is 4.79 Å². The minimum Gasteiger partial charge on any atom is -0.316 e. The first-order chi connectivity index (χ1) is 8.66. The van der Waals surface area contributed by atoms with Gasteiger partial charge in [-0.2, -0.15) is 0 Å². The van der Waals surface area contributed by atoms with Crippen LogP contribution in [0.2, 0.25) is 0 Å². The molecular formula is C16H23NO. The van der Waals surface area contributed by atoms with Crippen molar-refractivity contribution in [3.8, 4) is 0 Å². The van der Waals surface area contributed by atoms with Gasteiger partial charge in [0.15, 0.2) is 0 Å². The minimum atomic E-state index is -0.122. The van der Waals surface area contributed by atoms with Crippen molar-refractivity contribution in [2.24, 2.45) is 5.41 Å². The topological polar surface area (TPSA) is 29.1 Å². The summed E-state index contributed by atoms with van der Waals surface area (Å²) < 4.78 is 0. The van der Waals surface area contributed by atoms with Gasteiger partial charge in [0.1, 0.15) is 5.78 Å². The van der Waals surface area contributed by atoms with E-state index >= 15 is 0 Å². The molecule has 0 bridgehead atoms. The molecule has 1 fully saturated rings. The Balaban J connectivity index is 2.07. The minimum absolute atomic E-state index is 0.122. The fourth-order valence-corrected chi connectivity index (χ4v) is 2.78. The van der Waals surface area contributed by atoms with Gasteiger partial charge in [-0.25, -0.2) is 0 Å². The fraction of sp³-hybridized carbons (Fsp3) is 0.562. The zero-order valence-electron chi connectivity index (χ0n) is 11.5. The largest absolute Gasteiger partial charge is 0.316 e. The number of hydrogen-bond acceptors (Lipinski definition) is 2. The van der Waals surface area contributed by atoms with Gasteiger partial charge in [0.2, 0.25) is 0 Å². The maximum Gasteiger partial charge on any atom is 0.144 e. The third-order valence-electron chi connectivity index (χ3n) is 4.23. The summed E-state index contributed by atoms with van der Waals surface area (Å²) in [6.07, 6.45) is 3.69. The first-order valence-corrected chi connectivity index (χ1v) is 6.96. The average molecular weight is 245 g/mol. The lowest BCUT2D eigenvalue weighted by Gasteiger charge is -2.35. The highest BCUT2D eigenvalue weighted by molar-refractivity contribution is 5.87. The van der Waals surface area contributed by atoms with E-state index in [1.807, 2.05) is 0 Å². The summed E-state index contributed by atoms with van der Waals surface area (Å²) in [6, 6.07) is 8.32. The molecule has 2 heteroatoms. The molecule has 0 aromatic heterocycles. The van der Waals surface area contributed by atoms with Crippen LogP contribution in [0.5, 0.6) is 0 Å². The van der Waals surface area contributed by atoms with Gasteiger partial charge in [0, 0.05) is 18.4 Å². The molecule has 0 amide bonds. The number of ketones is 1. The van der Waals surface area contributed by atoms with Gasteiger partial charge in [0.25, 0.3) is 0 Å². The van der Waals surface area contributed by atoms with Crippen molar-refractivity contribution >= 4 is 5.78 Å². The van der Waals surface area contributed by atoms with Crippen LogP contribution in [0.15, 0.2) is 24.3 Å². The van der Waals surface area contributed by atoms with Crippen molar-refractivity contribution in [1.29, 1.82) is 0 Å². The number of Topliss-reactive ketones (excluding diaryl/α,β-unsaturated/α-hetero) is 1. The maximum atomic E-state index is 12.6. The third kappa shape index (κ3) is 2.81. The Labute approximate surface area is 110 Å². The lowest BCUT2D eigenvalue weighted by molar-refractivity contribution is -0.129. The lowest BCUT2D eigenvalue weighted by atomic mass is 9.73. The molecule has 1 aliphatic rings. The van der Waals surface area contributed by atoms with Gasteiger partial charge in [-0.15, -0.1) is 0 Å². The van der Waals surface area contributed by atoms with E-state index in [1.165, 1.54) is 5.56 Å². The molecule has 0 saturated carbocycles. The van der Waals surface area contributed by atoms with Crippen LogP contribution < -0.4 is 5.32 Å². The third-order valence-corrected chi connectivity index (χ3v) is 4.23. The smallest absolute Gasteiger partial charge is 0.144 e. The molecule has 2 rings (SSSR count). The van der Waals surface area contributed by atoms with E-state index in [-0.39, 0.29) is 5.41 Å². The van der Waals surface area contributed by atoms with Crippen LogP contribution in [0.3, 0.4) is 0 Å². The Kier molecular flexibility index (Phi) is 4.18. The molecule has 1 atom stereocenters. The van der Waals surface area contributed by atoms with E-state index in [2.05, 4.69) is 43.4 Å². The first kappa shape index (κ1) is 13.3. The number of rotatable bonds is 4. The number of carbonyl (C=O) groups is 1. The van der Waals surface area contributed by atoms with Gasteiger partial charge >= 0.3 is 0 Å². The van der Waals surface area contributed by atoms with E-state index in [9.17, 15) is 4.79 Å². The summed E-state index contributed by atoms with van der Waals surface area (Å²) in [5.74, 6) is 0.404. The number of nitrogens with one attached hydrogen (secondary N) is 1. The van der Waals surface area contributed by atoms with Gasteiger partial charge in [-0.05, 0) is 38.3 Å². The van der Waals surface area contributed by atoms with Crippen LogP contribution in [0.25, 0.3) is 0 Å². The molecule has 1 heterocycles. The van der Waals surface area contributed by atoms with Crippen LogP contribution in [0, 0.1) is 12.3 Å². The summed E-state index contributed by atoms with van der Waals surface area (Å²) >= 11 is 0. The Bertz CT molecular complexity index is 402. The van der Waals surface area contributed by atoms with Crippen molar-refractivity contribution in [1.82, 2.24) is 5.32 Å². The van der Waals surface area contributed by atoms with Crippen molar-refractivity contribution in [2.75, 3.05) is 13.1 Å². The zero-order chi connectivity index (χ0) is 13.0. The summed E-state index contributed by atoms with van der Waals surface area (Å²) in [4.78, 5) is 12.6. The zero-order valence-corrected chi connectivity index (χ0v) is 11.5. The highest BCUT2D eigenvalue weighted by atomic mass is 16.1. The molecule has 1 aliphatic heterocycles. The Morgan fingerprint density at radius 3 is 2.61 bits per heavy atom. The normalized spacial score (nSPS) is 23.9. The van der Waals surface area contributed by atoms with E-state index < -0.39 is 0 Å². The standard InChI is InChI=1S/C16H23NO/c1-3-16(9-4-10-17-12-16)15(18)11-14-7-5-13(2)6-8-14/h5-8,17H,3-4,9-12H2,1-2H3. The van der Waals surface area contributed by atoms with E-state index in [4.69, 9.17) is 0 Å². The summed E-state index contributed by atoms with van der Waals surface area (Å²) in [5, 5.41) is 3.38. The predicted molar refractivity (Wildman–Crippen MR) is 74.7 cm³/mol. The monoisotopic (exact) mass is 245 g/mol. The van der Waals surface area contributed by atoms with Gasteiger partial charge in [-0.1, -0.05) is 36.8 Å². The number of hydrogen-bond donors (Lipinski definition) is 1. The van der Waals surface area contributed by atoms with Gasteiger partial charge < -0.3 is 5.32 Å². The highest BCUT2D eigenvalue weighted by Gasteiger charge is 2.36. The number of benzene rings is 1. The fourth-order valence-electron chi connectivity index (χ4n) is 2.78. The molecule has 98 valence electrons. The van der Waals surface area contributed by atoms with Crippen LogP contribution in [0.4, 0.5) is 0 Å². The van der Waals surface area contributed by atoms with Crippen molar-refractivity contribution in [3.05, 3.63) is 35.4 Å². The van der Waals surface area contributed by atoms with Crippen LogP contribution in [-0.4, -0.2) is 18.9 Å². The molecule has 1 unspecified atom stereocenters. The van der Waals surface area contributed by atoms with Gasteiger partial charge in [0.05, 0.1) is 0 Å². The molecular weight excluding hydrogens is 222 g/mol. The van der Waals surface area contributed by atoms with Crippen molar-refractivity contribution < 1.29 is 4.79 Å². The molecule has 2 nitrogen and oxygen atoms in total. The predicted octanol–water partition coefficient (Wildman–Crippen LogP) is 2.89. The Hall–Kier alpha value is -1.15. The molecule has 0 spiro atoms. The van der Waals surface area contributed by atoms with E-state index in [0.717, 1.165) is 37.9 Å². The lowest BCUT2D eigenvalue weighted by Crippen LogP contribution is -2.45. The van der Waals surface area contributed by atoms with E-state index in [1.54, 1.807) is 0 Å². The van der Waals surface area contributed by atoms with Crippen molar-refractivity contribution in [3.63, 3.8) is 0 Å².